The maximum atomic E-state index is 11.0. The van der Waals surface area contributed by atoms with Crippen LogP contribution in [0.5, 0.6) is 0 Å². The molecule has 3 nitrogen and oxygen atoms in total. The third-order valence-electron chi connectivity index (χ3n) is 4.06. The summed E-state index contributed by atoms with van der Waals surface area (Å²) in [4.78, 5) is 13.6. The lowest BCUT2D eigenvalue weighted by Gasteiger charge is -2.18. The second-order valence-corrected chi connectivity index (χ2v) is 5.50. The van der Waals surface area contributed by atoms with Crippen LogP contribution in [-0.2, 0) is 4.79 Å². The lowest BCUT2D eigenvalue weighted by Crippen LogP contribution is -2.33. The van der Waals surface area contributed by atoms with Crippen LogP contribution in [0.25, 0.3) is 0 Å². The molecule has 1 saturated heterocycles. The summed E-state index contributed by atoms with van der Waals surface area (Å²) in [5.74, 6) is 1.82. The van der Waals surface area contributed by atoms with Crippen molar-refractivity contribution in [2.24, 2.45) is 11.8 Å². The maximum Gasteiger partial charge on any atom is 0.217 e. The molecule has 0 radical (unpaired) electrons. The summed E-state index contributed by atoms with van der Waals surface area (Å²) in [6.07, 6.45) is 5.02. The normalized spacial score (nSPS) is 34.0. The summed E-state index contributed by atoms with van der Waals surface area (Å²) < 4.78 is 0. The van der Waals surface area contributed by atoms with E-state index < -0.39 is 0 Å². The number of rotatable bonds is 4. The van der Waals surface area contributed by atoms with E-state index in [0.717, 1.165) is 11.8 Å². The predicted molar refractivity (Wildman–Crippen MR) is 65.2 cm³/mol. The first-order valence-corrected chi connectivity index (χ1v) is 6.68. The fourth-order valence-electron chi connectivity index (χ4n) is 3.37. The molecule has 2 fully saturated rings. The summed E-state index contributed by atoms with van der Waals surface area (Å²) in [5, 5.41) is 3.07. The Hall–Kier alpha value is -0.570. The van der Waals surface area contributed by atoms with E-state index in [2.05, 4.69) is 17.1 Å². The van der Waals surface area contributed by atoms with E-state index in [4.69, 9.17) is 0 Å². The van der Waals surface area contributed by atoms with E-state index in [1.807, 2.05) is 0 Å². The molecule has 1 aliphatic heterocycles. The molecule has 0 aromatic rings. The first-order chi connectivity index (χ1) is 7.69. The molecule has 0 aromatic heterocycles. The number of hydrogen-bond donors (Lipinski definition) is 1. The van der Waals surface area contributed by atoms with Crippen molar-refractivity contribution in [1.82, 2.24) is 10.2 Å². The molecule has 0 bridgehead atoms. The molecular formula is C13H24N2O. The molecule has 16 heavy (non-hydrogen) atoms. The molecule has 1 saturated carbocycles. The van der Waals surface area contributed by atoms with Crippen LogP contribution in [-0.4, -0.2) is 36.5 Å². The summed E-state index contributed by atoms with van der Waals surface area (Å²) in [7, 11) is 0. The van der Waals surface area contributed by atoms with Gasteiger partial charge in [-0.25, -0.2) is 0 Å². The molecule has 1 N–H and O–H groups in total. The van der Waals surface area contributed by atoms with E-state index in [1.54, 1.807) is 6.92 Å². The van der Waals surface area contributed by atoms with E-state index in [-0.39, 0.29) is 5.91 Å². The molecule has 3 heteroatoms. The van der Waals surface area contributed by atoms with E-state index in [0.29, 0.717) is 6.04 Å². The minimum Gasteiger partial charge on any atom is -0.354 e. The third kappa shape index (κ3) is 2.76. The van der Waals surface area contributed by atoms with Gasteiger partial charge in [0, 0.05) is 26.1 Å². The maximum absolute atomic E-state index is 11.0. The highest BCUT2D eigenvalue weighted by molar-refractivity contribution is 5.73. The molecule has 0 aromatic carbocycles. The average molecular weight is 224 g/mol. The van der Waals surface area contributed by atoms with Gasteiger partial charge in [0.05, 0.1) is 0 Å². The van der Waals surface area contributed by atoms with Crippen LogP contribution in [0.15, 0.2) is 0 Å². The quantitative estimate of drug-likeness (QED) is 0.787. The van der Waals surface area contributed by atoms with Gasteiger partial charge in [0.1, 0.15) is 0 Å². The zero-order valence-electron chi connectivity index (χ0n) is 10.5. The lowest BCUT2D eigenvalue weighted by atomic mass is 10.0. The first kappa shape index (κ1) is 11.9. The highest BCUT2D eigenvalue weighted by Gasteiger charge is 2.40. The van der Waals surface area contributed by atoms with Crippen LogP contribution in [0.1, 0.15) is 39.5 Å². The summed E-state index contributed by atoms with van der Waals surface area (Å²) in [6, 6.07) is 0.459. The Morgan fingerprint density at radius 3 is 2.44 bits per heavy atom. The monoisotopic (exact) mass is 224 g/mol. The zero-order chi connectivity index (χ0) is 11.5. The van der Waals surface area contributed by atoms with Gasteiger partial charge in [0.15, 0.2) is 0 Å². The Kier molecular flexibility index (Phi) is 3.85. The van der Waals surface area contributed by atoms with Crippen LogP contribution < -0.4 is 5.32 Å². The fourth-order valence-corrected chi connectivity index (χ4v) is 3.37. The Morgan fingerprint density at radius 1 is 1.31 bits per heavy atom. The van der Waals surface area contributed by atoms with Crippen molar-refractivity contribution in [3.05, 3.63) is 0 Å². The molecular weight excluding hydrogens is 200 g/mol. The van der Waals surface area contributed by atoms with Crippen molar-refractivity contribution >= 4 is 5.91 Å². The third-order valence-corrected chi connectivity index (χ3v) is 4.06. The minimum absolute atomic E-state index is 0.132. The fraction of sp³-hybridized carbons (Fsp3) is 0.923. The van der Waals surface area contributed by atoms with Crippen molar-refractivity contribution in [1.29, 1.82) is 0 Å². The Morgan fingerprint density at radius 2 is 1.94 bits per heavy atom. The van der Waals surface area contributed by atoms with Gasteiger partial charge in [0.2, 0.25) is 5.91 Å². The van der Waals surface area contributed by atoms with E-state index >= 15 is 0 Å². The van der Waals surface area contributed by atoms with Gasteiger partial charge in [-0.1, -0.05) is 13.3 Å². The first-order valence-electron chi connectivity index (χ1n) is 6.68. The summed E-state index contributed by atoms with van der Waals surface area (Å²) >= 11 is 0. The van der Waals surface area contributed by atoms with Gasteiger partial charge in [-0.05, 0) is 37.6 Å². The summed E-state index contributed by atoms with van der Waals surface area (Å²) in [5.41, 5.74) is 0. The van der Waals surface area contributed by atoms with Gasteiger partial charge < -0.3 is 10.2 Å². The number of nitrogens with zero attached hydrogens (tertiary/aromatic N) is 1. The van der Waals surface area contributed by atoms with Gasteiger partial charge in [-0.15, -0.1) is 0 Å². The average Bonchev–Trinajstić information content (AvgIpc) is 2.70. The number of likely N-dealkylation sites (tertiary alicyclic amines) is 1. The minimum atomic E-state index is 0.132. The van der Waals surface area contributed by atoms with E-state index in [9.17, 15) is 4.79 Å². The van der Waals surface area contributed by atoms with Crippen LogP contribution in [0.3, 0.4) is 0 Å². The van der Waals surface area contributed by atoms with Crippen LogP contribution in [0.4, 0.5) is 0 Å². The van der Waals surface area contributed by atoms with Crippen LogP contribution >= 0.6 is 0 Å². The largest absolute Gasteiger partial charge is 0.354 e. The number of fused-ring (bicyclic) bond motifs is 1. The number of carbonyl (C=O) groups excluding carboxylic acids is 1. The van der Waals surface area contributed by atoms with Gasteiger partial charge in [-0.2, -0.15) is 0 Å². The molecule has 0 spiro atoms. The Balaban J connectivity index is 1.75. The van der Waals surface area contributed by atoms with Gasteiger partial charge in [0.25, 0.3) is 0 Å². The second kappa shape index (κ2) is 5.17. The molecule has 92 valence electrons. The molecule has 1 aliphatic carbocycles. The van der Waals surface area contributed by atoms with Gasteiger partial charge >= 0.3 is 0 Å². The Bertz CT molecular complexity index is 240. The smallest absolute Gasteiger partial charge is 0.217 e. The van der Waals surface area contributed by atoms with Crippen LogP contribution in [0, 0.1) is 11.8 Å². The number of unbranched alkanes of at least 4 members (excludes halogenated alkanes) is 1. The standard InChI is InChI=1S/C13H24N2O/c1-3-4-5-15-8-11-6-13(14-10(2)16)7-12(11)9-15/h11-13H,3-9H2,1-2H3,(H,14,16). The SMILES string of the molecule is CCCCN1CC2CC(NC(C)=O)CC2C1. The van der Waals surface area contributed by atoms with Gasteiger partial charge in [-0.3, -0.25) is 4.79 Å². The predicted octanol–water partition coefficient (Wildman–Crippen LogP) is 1.63. The number of amides is 1. The van der Waals surface area contributed by atoms with Crippen molar-refractivity contribution in [3.63, 3.8) is 0 Å². The Labute approximate surface area is 98.6 Å². The van der Waals surface area contributed by atoms with E-state index in [1.165, 1.54) is 45.3 Å². The van der Waals surface area contributed by atoms with Crippen molar-refractivity contribution in [2.75, 3.05) is 19.6 Å². The zero-order valence-corrected chi connectivity index (χ0v) is 10.5. The summed E-state index contributed by atoms with van der Waals surface area (Å²) in [6.45, 7) is 7.68. The molecule has 2 aliphatic rings. The topological polar surface area (TPSA) is 32.3 Å². The highest BCUT2D eigenvalue weighted by Crippen LogP contribution is 2.38. The number of hydrogen-bond acceptors (Lipinski definition) is 2. The van der Waals surface area contributed by atoms with Crippen molar-refractivity contribution in [3.8, 4) is 0 Å². The molecule has 2 atom stereocenters. The molecule has 2 unspecified atom stereocenters. The van der Waals surface area contributed by atoms with Crippen LogP contribution in [0.2, 0.25) is 0 Å². The molecule has 2 rings (SSSR count). The lowest BCUT2D eigenvalue weighted by molar-refractivity contribution is -0.119. The second-order valence-electron chi connectivity index (χ2n) is 5.50. The molecule has 1 amide bonds. The highest BCUT2D eigenvalue weighted by atomic mass is 16.1. The number of carbonyl (C=O) groups is 1. The van der Waals surface area contributed by atoms with Crippen molar-refractivity contribution < 1.29 is 4.79 Å². The molecule has 1 heterocycles. The number of nitrogens with one attached hydrogen (secondary N) is 1. The van der Waals surface area contributed by atoms with Crippen molar-refractivity contribution in [2.45, 2.75) is 45.6 Å².